The van der Waals surface area contributed by atoms with Crippen LogP contribution in [0, 0.1) is 6.92 Å². The zero-order valence-electron chi connectivity index (χ0n) is 7.85. The summed E-state index contributed by atoms with van der Waals surface area (Å²) < 4.78 is 1.47. The first kappa shape index (κ1) is 8.68. The predicted molar refractivity (Wildman–Crippen MR) is 50.2 cm³/mol. The Morgan fingerprint density at radius 3 is 2.86 bits per heavy atom. The van der Waals surface area contributed by atoms with Gasteiger partial charge in [-0.15, -0.1) is 5.10 Å². The second-order valence-electron chi connectivity index (χ2n) is 3.20. The van der Waals surface area contributed by atoms with Crippen molar-refractivity contribution < 1.29 is 9.90 Å². The van der Waals surface area contributed by atoms with Crippen molar-refractivity contribution >= 4 is 17.0 Å². The first-order valence-corrected chi connectivity index (χ1v) is 4.13. The average Bonchev–Trinajstić information content (AvgIpc) is 2.46. The Kier molecular flexibility index (Phi) is 1.73. The van der Waals surface area contributed by atoms with Crippen molar-refractivity contribution in [1.82, 2.24) is 15.0 Å². The largest absolute Gasteiger partial charge is 0.478 e. The van der Waals surface area contributed by atoms with Crippen LogP contribution in [0.5, 0.6) is 0 Å². The molecule has 0 aliphatic rings. The summed E-state index contributed by atoms with van der Waals surface area (Å²) in [7, 11) is 1.68. The van der Waals surface area contributed by atoms with Crippen LogP contribution in [-0.2, 0) is 7.05 Å². The van der Waals surface area contributed by atoms with Gasteiger partial charge in [0.05, 0.1) is 5.56 Å². The molecule has 2 rings (SSSR count). The Bertz CT molecular complexity index is 516. The Labute approximate surface area is 80.0 Å². The fourth-order valence-corrected chi connectivity index (χ4v) is 1.50. The standard InChI is InChI=1S/C9H9N3O2/c1-5-3-6(9(13)14)8-7(4-5)10-11-12(8)2/h3-4H,1-2H3,(H,13,14). The number of carboxylic acids is 1. The summed E-state index contributed by atoms with van der Waals surface area (Å²) in [5, 5.41) is 16.6. The maximum absolute atomic E-state index is 10.9. The van der Waals surface area contributed by atoms with Crippen LogP contribution < -0.4 is 0 Å². The fourth-order valence-electron chi connectivity index (χ4n) is 1.50. The maximum atomic E-state index is 10.9. The monoisotopic (exact) mass is 191 g/mol. The van der Waals surface area contributed by atoms with E-state index < -0.39 is 5.97 Å². The zero-order chi connectivity index (χ0) is 10.3. The molecule has 0 radical (unpaired) electrons. The molecule has 0 amide bonds. The summed E-state index contributed by atoms with van der Waals surface area (Å²) in [6, 6.07) is 3.43. The number of aromatic nitrogens is 3. The molecule has 2 aromatic rings. The highest BCUT2D eigenvalue weighted by molar-refractivity contribution is 6.01. The highest BCUT2D eigenvalue weighted by atomic mass is 16.4. The normalized spacial score (nSPS) is 10.7. The van der Waals surface area contributed by atoms with E-state index in [0.717, 1.165) is 5.56 Å². The van der Waals surface area contributed by atoms with Gasteiger partial charge in [0.25, 0.3) is 0 Å². The van der Waals surface area contributed by atoms with Gasteiger partial charge < -0.3 is 5.11 Å². The van der Waals surface area contributed by atoms with Crippen LogP contribution in [0.3, 0.4) is 0 Å². The molecule has 5 nitrogen and oxygen atoms in total. The number of hydrogen-bond donors (Lipinski definition) is 1. The second kappa shape index (κ2) is 2.80. The average molecular weight is 191 g/mol. The van der Waals surface area contributed by atoms with Crippen LogP contribution in [0.2, 0.25) is 0 Å². The number of fused-ring (bicyclic) bond motifs is 1. The molecule has 0 aliphatic carbocycles. The van der Waals surface area contributed by atoms with Crippen molar-refractivity contribution in [1.29, 1.82) is 0 Å². The summed E-state index contributed by atoms with van der Waals surface area (Å²) in [6.45, 7) is 1.83. The van der Waals surface area contributed by atoms with Gasteiger partial charge in [0.2, 0.25) is 0 Å². The summed E-state index contributed by atoms with van der Waals surface area (Å²) >= 11 is 0. The van der Waals surface area contributed by atoms with Gasteiger partial charge in [0, 0.05) is 7.05 Å². The molecule has 0 unspecified atom stereocenters. The molecule has 0 saturated carbocycles. The van der Waals surface area contributed by atoms with Gasteiger partial charge in [0.1, 0.15) is 11.0 Å². The minimum Gasteiger partial charge on any atom is -0.478 e. The zero-order valence-corrected chi connectivity index (χ0v) is 7.85. The number of hydrogen-bond acceptors (Lipinski definition) is 3. The van der Waals surface area contributed by atoms with Gasteiger partial charge in [-0.25, -0.2) is 9.48 Å². The molecule has 0 spiro atoms. The quantitative estimate of drug-likeness (QED) is 0.729. The number of benzene rings is 1. The summed E-state index contributed by atoms with van der Waals surface area (Å²) in [5.41, 5.74) is 2.29. The van der Waals surface area contributed by atoms with E-state index >= 15 is 0 Å². The lowest BCUT2D eigenvalue weighted by Crippen LogP contribution is -2.01. The minimum absolute atomic E-state index is 0.243. The van der Waals surface area contributed by atoms with Crippen molar-refractivity contribution in [3.8, 4) is 0 Å². The minimum atomic E-state index is -0.955. The molecule has 0 bridgehead atoms. The van der Waals surface area contributed by atoms with Crippen LogP contribution in [0.4, 0.5) is 0 Å². The molecule has 1 N–H and O–H groups in total. The molecule has 1 aromatic carbocycles. The Morgan fingerprint density at radius 2 is 2.21 bits per heavy atom. The predicted octanol–water partition coefficient (Wildman–Crippen LogP) is 0.975. The van der Waals surface area contributed by atoms with E-state index in [1.807, 2.05) is 13.0 Å². The van der Waals surface area contributed by atoms with E-state index in [2.05, 4.69) is 10.3 Å². The summed E-state index contributed by atoms with van der Waals surface area (Å²) in [5.74, 6) is -0.955. The topological polar surface area (TPSA) is 68.0 Å². The van der Waals surface area contributed by atoms with Crippen molar-refractivity contribution in [3.05, 3.63) is 23.3 Å². The fraction of sp³-hybridized carbons (Fsp3) is 0.222. The molecule has 72 valence electrons. The third-order valence-corrected chi connectivity index (χ3v) is 2.07. The van der Waals surface area contributed by atoms with Crippen molar-refractivity contribution in [2.75, 3.05) is 0 Å². The smallest absolute Gasteiger partial charge is 0.337 e. The third kappa shape index (κ3) is 1.14. The molecule has 1 heterocycles. The van der Waals surface area contributed by atoms with Gasteiger partial charge >= 0.3 is 5.97 Å². The van der Waals surface area contributed by atoms with Crippen molar-refractivity contribution in [2.24, 2.45) is 7.05 Å². The summed E-state index contributed by atoms with van der Waals surface area (Å²) in [6.07, 6.45) is 0. The van der Waals surface area contributed by atoms with Crippen molar-refractivity contribution in [3.63, 3.8) is 0 Å². The van der Waals surface area contributed by atoms with Gasteiger partial charge in [-0.05, 0) is 24.6 Å². The van der Waals surface area contributed by atoms with Crippen LogP contribution in [0.25, 0.3) is 11.0 Å². The lowest BCUT2D eigenvalue weighted by atomic mass is 10.1. The van der Waals surface area contributed by atoms with E-state index in [1.54, 1.807) is 13.1 Å². The highest BCUT2D eigenvalue weighted by Gasteiger charge is 2.13. The number of nitrogens with zero attached hydrogens (tertiary/aromatic N) is 3. The molecule has 14 heavy (non-hydrogen) atoms. The van der Waals surface area contributed by atoms with Crippen LogP contribution >= 0.6 is 0 Å². The molecule has 0 saturated heterocycles. The number of aromatic carboxylic acids is 1. The number of aryl methyl sites for hydroxylation is 2. The van der Waals surface area contributed by atoms with Gasteiger partial charge in [-0.1, -0.05) is 5.21 Å². The first-order chi connectivity index (χ1) is 6.59. The van der Waals surface area contributed by atoms with Gasteiger partial charge in [0.15, 0.2) is 0 Å². The van der Waals surface area contributed by atoms with Crippen molar-refractivity contribution in [2.45, 2.75) is 6.92 Å². The maximum Gasteiger partial charge on any atom is 0.337 e. The molecule has 0 aliphatic heterocycles. The van der Waals surface area contributed by atoms with Gasteiger partial charge in [-0.2, -0.15) is 0 Å². The van der Waals surface area contributed by atoms with Crippen LogP contribution in [-0.4, -0.2) is 26.1 Å². The molecular weight excluding hydrogens is 182 g/mol. The van der Waals surface area contributed by atoms with E-state index in [1.165, 1.54) is 4.68 Å². The van der Waals surface area contributed by atoms with E-state index in [9.17, 15) is 4.79 Å². The molecular formula is C9H9N3O2. The first-order valence-electron chi connectivity index (χ1n) is 4.13. The molecule has 5 heteroatoms. The van der Waals surface area contributed by atoms with Crippen LogP contribution in [0.15, 0.2) is 12.1 Å². The lowest BCUT2D eigenvalue weighted by Gasteiger charge is -2.00. The van der Waals surface area contributed by atoms with E-state index in [4.69, 9.17) is 5.11 Å². The Balaban J connectivity index is 2.90. The second-order valence-corrected chi connectivity index (χ2v) is 3.20. The third-order valence-electron chi connectivity index (χ3n) is 2.07. The number of rotatable bonds is 1. The SMILES string of the molecule is Cc1cc(C(=O)O)c2c(c1)nnn2C. The Hall–Kier alpha value is -1.91. The number of carbonyl (C=O) groups is 1. The van der Waals surface area contributed by atoms with Crippen LogP contribution in [0.1, 0.15) is 15.9 Å². The van der Waals surface area contributed by atoms with E-state index in [-0.39, 0.29) is 5.56 Å². The number of carboxylic acid groups (broad SMARTS) is 1. The van der Waals surface area contributed by atoms with E-state index in [0.29, 0.717) is 11.0 Å². The lowest BCUT2D eigenvalue weighted by molar-refractivity contribution is 0.0698. The van der Waals surface area contributed by atoms with Gasteiger partial charge in [-0.3, -0.25) is 0 Å². The Morgan fingerprint density at radius 1 is 1.50 bits per heavy atom. The highest BCUT2D eigenvalue weighted by Crippen LogP contribution is 2.18. The molecule has 0 atom stereocenters. The molecule has 1 aromatic heterocycles. The summed E-state index contributed by atoms with van der Waals surface area (Å²) in [4.78, 5) is 10.9. The molecule has 0 fully saturated rings.